The molecule has 9 heteroatoms. The molecule has 0 aliphatic carbocycles. The number of fused-ring (bicyclic) bond motifs is 1. The van der Waals surface area contributed by atoms with Crippen LogP contribution in [0.4, 0.5) is 19.0 Å². The summed E-state index contributed by atoms with van der Waals surface area (Å²) in [5.74, 6) is -0.933. The Bertz CT molecular complexity index is 675. The summed E-state index contributed by atoms with van der Waals surface area (Å²) in [5.41, 5.74) is -0.481. The molecule has 6 nitrogen and oxygen atoms in total. The zero-order chi connectivity index (χ0) is 16.7. The summed E-state index contributed by atoms with van der Waals surface area (Å²) < 4.78 is 39.4. The molecule has 22 heavy (non-hydrogen) atoms. The van der Waals surface area contributed by atoms with Crippen molar-refractivity contribution in [3.05, 3.63) is 17.6 Å². The topological polar surface area (TPSA) is 66.5 Å². The summed E-state index contributed by atoms with van der Waals surface area (Å²) in [7, 11) is 0. The van der Waals surface area contributed by atoms with Crippen LogP contribution >= 0.6 is 0 Å². The number of alkyl halides is 3. The molecule has 1 N–H and O–H groups in total. The van der Waals surface area contributed by atoms with E-state index >= 15 is 0 Å². The molecule has 0 unspecified atom stereocenters. The van der Waals surface area contributed by atoms with Gasteiger partial charge < -0.3 is 10.0 Å². The molecule has 0 aromatic carbocycles. The van der Waals surface area contributed by atoms with Crippen LogP contribution in [0.5, 0.6) is 0 Å². The number of halogens is 3. The molecular formula is C13H18F3N5O. The van der Waals surface area contributed by atoms with Gasteiger partial charge in [-0.1, -0.05) is 0 Å². The van der Waals surface area contributed by atoms with Crippen molar-refractivity contribution in [3.63, 3.8) is 0 Å². The van der Waals surface area contributed by atoms with Crippen molar-refractivity contribution in [1.82, 2.24) is 19.6 Å². The number of aromatic nitrogens is 4. The van der Waals surface area contributed by atoms with Crippen molar-refractivity contribution >= 4 is 11.6 Å². The maximum absolute atomic E-state index is 12.8. The molecule has 0 bridgehead atoms. The van der Waals surface area contributed by atoms with E-state index in [0.29, 0.717) is 18.1 Å². The lowest BCUT2D eigenvalue weighted by Crippen LogP contribution is -2.39. The van der Waals surface area contributed by atoms with Gasteiger partial charge >= 0.3 is 6.18 Å². The normalized spacial score (nSPS) is 12.9. The van der Waals surface area contributed by atoms with Crippen LogP contribution in [-0.4, -0.2) is 43.4 Å². The molecule has 2 aromatic rings. The Morgan fingerprint density at radius 1 is 1.27 bits per heavy atom. The zero-order valence-corrected chi connectivity index (χ0v) is 12.8. The smallest absolute Gasteiger partial charge is 0.389 e. The van der Waals surface area contributed by atoms with Crippen LogP contribution in [0, 0.1) is 6.92 Å². The molecule has 0 radical (unpaired) electrons. The molecule has 0 aliphatic rings. The third-order valence-corrected chi connectivity index (χ3v) is 2.96. The van der Waals surface area contributed by atoms with Gasteiger partial charge in [0.15, 0.2) is 0 Å². The van der Waals surface area contributed by atoms with Crippen molar-refractivity contribution in [2.75, 3.05) is 18.0 Å². The standard InChI is InChI=1S/C13H18F3N5O/c1-5-20(7-12(3,4)22)9-6-8(2)17-11-18-10(13(14,15)16)19-21(9)11/h6,22H,5,7H2,1-4H3. The highest BCUT2D eigenvalue weighted by atomic mass is 19.4. The molecule has 0 saturated carbocycles. The van der Waals surface area contributed by atoms with E-state index in [9.17, 15) is 18.3 Å². The maximum Gasteiger partial charge on any atom is 0.453 e. The predicted molar refractivity (Wildman–Crippen MR) is 74.7 cm³/mol. The first-order chi connectivity index (χ1) is 10.0. The highest BCUT2D eigenvalue weighted by Gasteiger charge is 2.37. The van der Waals surface area contributed by atoms with Gasteiger partial charge in [0.25, 0.3) is 11.6 Å². The Balaban J connectivity index is 2.59. The van der Waals surface area contributed by atoms with Crippen molar-refractivity contribution in [2.24, 2.45) is 0 Å². The van der Waals surface area contributed by atoms with Gasteiger partial charge in [-0.05, 0) is 27.7 Å². The van der Waals surface area contributed by atoms with Gasteiger partial charge in [-0.25, -0.2) is 4.98 Å². The minimum atomic E-state index is -4.63. The van der Waals surface area contributed by atoms with E-state index in [1.165, 1.54) is 0 Å². The van der Waals surface area contributed by atoms with Gasteiger partial charge in [0.2, 0.25) is 0 Å². The van der Waals surface area contributed by atoms with Crippen LogP contribution in [-0.2, 0) is 6.18 Å². The van der Waals surface area contributed by atoms with Crippen LogP contribution < -0.4 is 4.90 Å². The molecule has 0 amide bonds. The summed E-state index contributed by atoms with van der Waals surface area (Å²) >= 11 is 0. The SMILES string of the molecule is CCN(CC(C)(C)O)c1cc(C)nc2nc(C(F)(F)F)nn12. The Labute approximate surface area is 125 Å². The van der Waals surface area contributed by atoms with Gasteiger partial charge in [0, 0.05) is 24.8 Å². The predicted octanol–water partition coefficient (Wildman–Crippen LogP) is 2.05. The number of hydrogen-bond donors (Lipinski definition) is 1. The van der Waals surface area contributed by atoms with E-state index in [1.807, 2.05) is 6.92 Å². The summed E-state index contributed by atoms with van der Waals surface area (Å²) in [6, 6.07) is 1.62. The third-order valence-electron chi connectivity index (χ3n) is 2.96. The minimum Gasteiger partial charge on any atom is -0.389 e. The summed E-state index contributed by atoms with van der Waals surface area (Å²) in [4.78, 5) is 9.16. The highest BCUT2D eigenvalue weighted by molar-refractivity contribution is 5.48. The number of anilines is 1. The number of nitrogens with zero attached hydrogens (tertiary/aromatic N) is 5. The summed E-state index contributed by atoms with van der Waals surface area (Å²) in [6.45, 7) is 7.50. The summed E-state index contributed by atoms with van der Waals surface area (Å²) in [5, 5.41) is 13.5. The number of likely N-dealkylation sites (N-methyl/N-ethyl adjacent to an activating group) is 1. The molecule has 0 aliphatic heterocycles. The van der Waals surface area contributed by atoms with Gasteiger partial charge in [-0.2, -0.15) is 22.7 Å². The Morgan fingerprint density at radius 2 is 1.91 bits per heavy atom. The second-order valence-electron chi connectivity index (χ2n) is 5.73. The molecule has 0 spiro atoms. The molecule has 2 heterocycles. The van der Waals surface area contributed by atoms with Gasteiger partial charge in [-0.3, -0.25) is 0 Å². The molecule has 2 rings (SSSR count). The number of rotatable bonds is 4. The fourth-order valence-corrected chi connectivity index (χ4v) is 2.14. The molecule has 0 atom stereocenters. The van der Waals surface area contributed by atoms with Crippen LogP contribution in [0.2, 0.25) is 0 Å². The van der Waals surface area contributed by atoms with E-state index in [4.69, 9.17) is 0 Å². The lowest BCUT2D eigenvalue weighted by atomic mass is 10.1. The Kier molecular flexibility index (Phi) is 4.03. The van der Waals surface area contributed by atoms with Crippen LogP contribution in [0.3, 0.4) is 0 Å². The van der Waals surface area contributed by atoms with E-state index < -0.39 is 17.6 Å². The third kappa shape index (κ3) is 3.46. The lowest BCUT2D eigenvalue weighted by molar-refractivity contribution is -0.144. The monoisotopic (exact) mass is 317 g/mol. The molecule has 0 fully saturated rings. The quantitative estimate of drug-likeness (QED) is 0.935. The Morgan fingerprint density at radius 3 is 2.41 bits per heavy atom. The van der Waals surface area contributed by atoms with Crippen molar-refractivity contribution < 1.29 is 18.3 Å². The molecular weight excluding hydrogens is 299 g/mol. The maximum atomic E-state index is 12.8. The average Bonchev–Trinajstić information content (AvgIpc) is 2.77. The number of aliphatic hydroxyl groups is 1. The van der Waals surface area contributed by atoms with Gasteiger partial charge in [0.1, 0.15) is 5.82 Å². The van der Waals surface area contributed by atoms with Crippen molar-refractivity contribution in [1.29, 1.82) is 0 Å². The lowest BCUT2D eigenvalue weighted by Gasteiger charge is -2.29. The second-order valence-corrected chi connectivity index (χ2v) is 5.73. The van der Waals surface area contributed by atoms with Crippen LogP contribution in [0.1, 0.15) is 32.3 Å². The van der Waals surface area contributed by atoms with Crippen molar-refractivity contribution in [2.45, 2.75) is 39.5 Å². The van der Waals surface area contributed by atoms with Crippen LogP contribution in [0.25, 0.3) is 5.78 Å². The van der Waals surface area contributed by atoms with E-state index in [2.05, 4.69) is 15.1 Å². The first kappa shape index (κ1) is 16.5. The Hall–Kier alpha value is -1.90. The minimum absolute atomic E-state index is 0.114. The highest BCUT2D eigenvalue weighted by Crippen LogP contribution is 2.28. The molecule has 122 valence electrons. The van der Waals surface area contributed by atoms with E-state index in [1.54, 1.807) is 31.7 Å². The number of hydrogen-bond acceptors (Lipinski definition) is 5. The largest absolute Gasteiger partial charge is 0.453 e. The first-order valence-corrected chi connectivity index (χ1v) is 6.80. The second kappa shape index (κ2) is 5.38. The zero-order valence-electron chi connectivity index (χ0n) is 12.8. The number of aryl methyl sites for hydroxylation is 1. The van der Waals surface area contributed by atoms with Crippen molar-refractivity contribution in [3.8, 4) is 0 Å². The van der Waals surface area contributed by atoms with Gasteiger partial charge in [0.05, 0.1) is 5.60 Å². The summed E-state index contributed by atoms with van der Waals surface area (Å²) in [6.07, 6.45) is -4.63. The van der Waals surface area contributed by atoms with Gasteiger partial charge in [-0.15, -0.1) is 5.10 Å². The average molecular weight is 317 g/mol. The van der Waals surface area contributed by atoms with Crippen LogP contribution in [0.15, 0.2) is 6.07 Å². The van der Waals surface area contributed by atoms with E-state index in [0.717, 1.165) is 4.52 Å². The fraction of sp³-hybridized carbons (Fsp3) is 0.615. The first-order valence-electron chi connectivity index (χ1n) is 6.80. The van der Waals surface area contributed by atoms with E-state index in [-0.39, 0.29) is 12.3 Å². The molecule has 2 aromatic heterocycles. The fourth-order valence-electron chi connectivity index (χ4n) is 2.14. The molecule has 0 saturated heterocycles.